The Balaban J connectivity index is 1.48. The minimum Gasteiger partial charge on any atom is -0.393 e. The lowest BCUT2D eigenvalue weighted by Crippen LogP contribution is -2.24. The van der Waals surface area contributed by atoms with E-state index in [-0.39, 0.29) is 18.2 Å². The van der Waals surface area contributed by atoms with E-state index < -0.39 is 40.4 Å². The van der Waals surface area contributed by atoms with Crippen LogP contribution in [0.3, 0.4) is 0 Å². The van der Waals surface area contributed by atoms with E-state index in [1.54, 1.807) is 11.4 Å². The van der Waals surface area contributed by atoms with Crippen molar-refractivity contribution in [3.63, 3.8) is 0 Å². The molecule has 2 aromatic heterocycles. The van der Waals surface area contributed by atoms with Gasteiger partial charge in [0, 0.05) is 38.6 Å². The van der Waals surface area contributed by atoms with Gasteiger partial charge in [-0.25, -0.2) is 19.5 Å². The molecular weight excluding hydrogens is 579 g/mol. The summed E-state index contributed by atoms with van der Waals surface area (Å²) in [5, 5.41) is 41.7. The number of anilines is 1. The van der Waals surface area contributed by atoms with Gasteiger partial charge in [0.2, 0.25) is 0 Å². The molecule has 10 nitrogen and oxygen atoms in total. The summed E-state index contributed by atoms with van der Waals surface area (Å²) >= 11 is 4.47. The van der Waals surface area contributed by atoms with Crippen LogP contribution in [-0.4, -0.2) is 52.5 Å². The zero-order chi connectivity index (χ0) is 26.0. The number of benzene rings is 1. The lowest BCUT2D eigenvalue weighted by molar-refractivity contribution is 0.101. The van der Waals surface area contributed by atoms with Gasteiger partial charge in [-0.15, -0.1) is 11.3 Å². The lowest BCUT2D eigenvalue weighted by Gasteiger charge is -2.18. The van der Waals surface area contributed by atoms with E-state index in [1.165, 1.54) is 42.1 Å². The molecule has 0 saturated heterocycles. The minimum absolute atomic E-state index is 0.106. The molecular formula is C22H24BrFN4O6S2. The first-order valence-electron chi connectivity index (χ1n) is 10.8. The van der Waals surface area contributed by atoms with Crippen molar-refractivity contribution >= 4 is 43.4 Å². The molecule has 1 saturated carbocycles. The van der Waals surface area contributed by atoms with Gasteiger partial charge in [-0.2, -0.15) is 8.42 Å². The zero-order valence-corrected chi connectivity index (χ0v) is 21.9. The highest BCUT2D eigenvalue weighted by atomic mass is 79.9. The van der Waals surface area contributed by atoms with Crippen LogP contribution >= 0.6 is 27.3 Å². The maximum atomic E-state index is 14.2. The Morgan fingerprint density at radius 1 is 1.25 bits per heavy atom. The molecule has 0 bridgehead atoms. The molecule has 194 valence electrons. The third-order valence-electron chi connectivity index (χ3n) is 5.96. The topological polar surface area (TPSA) is 168 Å². The standard InChI is InChI=1S/C22H24BrFN4O6S2/c23-13-1-2-17(24)15(5-13)20(30)12-4-19(35-9-12)21(31)16-7-26-10-27-22(16)28-14-3-11(18(29)6-14)8-34-36(25,32)33/h1-2,4-5,7,9-11,14,18,20-21,29-31H,3,6,8H2,(H2,25,32,33)(H,26,27,28)/t11-,14-,18+,20?,21?/m1/s1. The van der Waals surface area contributed by atoms with E-state index in [1.807, 2.05) is 0 Å². The van der Waals surface area contributed by atoms with Gasteiger partial charge in [0.25, 0.3) is 0 Å². The molecule has 0 aliphatic heterocycles. The van der Waals surface area contributed by atoms with Gasteiger partial charge in [0.05, 0.1) is 12.7 Å². The van der Waals surface area contributed by atoms with Crippen molar-refractivity contribution < 1.29 is 32.3 Å². The molecule has 1 aliphatic rings. The van der Waals surface area contributed by atoms with Crippen molar-refractivity contribution in [3.05, 3.63) is 74.0 Å². The fourth-order valence-electron chi connectivity index (χ4n) is 4.15. The van der Waals surface area contributed by atoms with Crippen molar-refractivity contribution in [2.45, 2.75) is 37.2 Å². The summed E-state index contributed by atoms with van der Waals surface area (Å²) in [4.78, 5) is 8.72. The summed E-state index contributed by atoms with van der Waals surface area (Å²) in [6.45, 7) is -0.240. The predicted octanol–water partition coefficient (Wildman–Crippen LogP) is 2.37. The third-order valence-corrected chi connectivity index (χ3v) is 7.92. The van der Waals surface area contributed by atoms with Crippen molar-refractivity contribution in [2.75, 3.05) is 11.9 Å². The number of hydrogen-bond donors (Lipinski definition) is 5. The zero-order valence-electron chi connectivity index (χ0n) is 18.7. The minimum atomic E-state index is -4.11. The monoisotopic (exact) mass is 602 g/mol. The normalized spacial score (nSPS) is 21.9. The highest BCUT2D eigenvalue weighted by Crippen LogP contribution is 2.36. The molecule has 1 fully saturated rings. The molecule has 36 heavy (non-hydrogen) atoms. The predicted molar refractivity (Wildman–Crippen MR) is 134 cm³/mol. The summed E-state index contributed by atoms with van der Waals surface area (Å²) in [6.07, 6.45) is 0.303. The number of aromatic nitrogens is 2. The van der Waals surface area contributed by atoms with Crippen molar-refractivity contribution in [1.82, 2.24) is 9.97 Å². The Morgan fingerprint density at radius 2 is 2.03 bits per heavy atom. The quantitative estimate of drug-likeness (QED) is 0.247. The molecule has 5 atom stereocenters. The highest BCUT2D eigenvalue weighted by Gasteiger charge is 2.35. The number of aliphatic hydroxyl groups excluding tert-OH is 3. The van der Waals surface area contributed by atoms with Crippen LogP contribution in [0.15, 0.2) is 46.6 Å². The van der Waals surface area contributed by atoms with Crippen LogP contribution in [0.4, 0.5) is 10.2 Å². The lowest BCUT2D eigenvalue weighted by atomic mass is 10.0. The molecule has 6 N–H and O–H groups in total. The SMILES string of the molecule is NS(=O)(=O)OC[C@H]1C[C@@H](Nc2ncncc2C(O)c2cc(C(O)c3cc(Br)ccc3F)cs2)C[C@@H]1O. The van der Waals surface area contributed by atoms with E-state index in [4.69, 9.17) is 5.14 Å². The average Bonchev–Trinajstić information content (AvgIpc) is 3.45. The number of aliphatic hydroxyl groups is 3. The Bertz CT molecular complexity index is 1330. The Labute approximate surface area is 219 Å². The summed E-state index contributed by atoms with van der Waals surface area (Å²) < 4.78 is 41.6. The summed E-state index contributed by atoms with van der Waals surface area (Å²) in [5.74, 6) is -0.652. The maximum Gasteiger partial charge on any atom is 0.333 e. The van der Waals surface area contributed by atoms with E-state index in [2.05, 4.69) is 35.4 Å². The molecule has 1 aliphatic carbocycles. The van der Waals surface area contributed by atoms with Crippen LogP contribution in [0.2, 0.25) is 0 Å². The second-order valence-corrected chi connectivity index (χ2v) is 11.6. The molecule has 2 unspecified atom stereocenters. The molecule has 0 radical (unpaired) electrons. The van der Waals surface area contributed by atoms with Gasteiger partial charge in [0.15, 0.2) is 0 Å². The van der Waals surface area contributed by atoms with E-state index in [0.29, 0.717) is 39.1 Å². The molecule has 2 heterocycles. The Hall–Kier alpha value is -2.04. The fraction of sp³-hybridized carbons (Fsp3) is 0.364. The number of halogens is 2. The fourth-order valence-corrected chi connectivity index (χ4v) is 5.82. The first-order valence-corrected chi connectivity index (χ1v) is 14.0. The molecule has 1 aromatic carbocycles. The van der Waals surface area contributed by atoms with E-state index in [0.717, 1.165) is 0 Å². The van der Waals surface area contributed by atoms with Crippen LogP contribution in [0.25, 0.3) is 0 Å². The van der Waals surface area contributed by atoms with Crippen molar-refractivity contribution in [2.24, 2.45) is 11.1 Å². The van der Waals surface area contributed by atoms with Crippen LogP contribution < -0.4 is 10.5 Å². The van der Waals surface area contributed by atoms with Gasteiger partial charge in [-0.05, 0) is 48.1 Å². The Kier molecular flexibility index (Phi) is 8.36. The van der Waals surface area contributed by atoms with Crippen molar-refractivity contribution in [3.8, 4) is 0 Å². The smallest absolute Gasteiger partial charge is 0.333 e. The van der Waals surface area contributed by atoms with Crippen LogP contribution in [0.1, 0.15) is 46.6 Å². The van der Waals surface area contributed by atoms with Gasteiger partial charge < -0.3 is 20.6 Å². The molecule has 4 rings (SSSR count). The van der Waals surface area contributed by atoms with Gasteiger partial charge in [0.1, 0.15) is 30.2 Å². The van der Waals surface area contributed by atoms with Crippen LogP contribution in [0.5, 0.6) is 0 Å². The van der Waals surface area contributed by atoms with Gasteiger partial charge >= 0.3 is 10.3 Å². The number of nitrogens with one attached hydrogen (secondary N) is 1. The Morgan fingerprint density at radius 3 is 2.78 bits per heavy atom. The number of nitrogens with two attached hydrogens (primary N) is 1. The second-order valence-electron chi connectivity index (χ2n) is 8.50. The summed E-state index contributed by atoms with van der Waals surface area (Å²) in [6, 6.07) is 5.62. The van der Waals surface area contributed by atoms with Gasteiger partial charge in [-0.3, -0.25) is 4.18 Å². The molecule has 14 heteroatoms. The molecule has 3 aromatic rings. The van der Waals surface area contributed by atoms with Crippen LogP contribution in [-0.2, 0) is 14.5 Å². The summed E-state index contributed by atoms with van der Waals surface area (Å²) in [7, 11) is -4.11. The molecule has 0 spiro atoms. The van der Waals surface area contributed by atoms with E-state index in [9.17, 15) is 28.1 Å². The summed E-state index contributed by atoms with van der Waals surface area (Å²) in [5.41, 5.74) is 0.899. The van der Waals surface area contributed by atoms with Crippen LogP contribution in [0, 0.1) is 11.7 Å². The maximum absolute atomic E-state index is 14.2. The number of rotatable bonds is 9. The highest BCUT2D eigenvalue weighted by molar-refractivity contribution is 9.10. The van der Waals surface area contributed by atoms with Crippen molar-refractivity contribution in [1.29, 1.82) is 0 Å². The van der Waals surface area contributed by atoms with E-state index >= 15 is 0 Å². The first kappa shape index (κ1) is 27.0. The molecule has 0 amide bonds. The number of hydrogen-bond acceptors (Lipinski definition) is 10. The third kappa shape index (κ3) is 6.44. The largest absolute Gasteiger partial charge is 0.393 e. The average molecular weight is 603 g/mol. The van der Waals surface area contributed by atoms with Gasteiger partial charge in [-0.1, -0.05) is 15.9 Å². The first-order chi connectivity index (χ1) is 17.0. The number of nitrogens with zero attached hydrogens (tertiary/aromatic N) is 2. The number of thiophene rings is 1. The second kappa shape index (κ2) is 11.1.